The Kier molecular flexibility index (Phi) is 6.50. The number of fused-ring (bicyclic) bond motifs is 1. The van der Waals surface area contributed by atoms with Gasteiger partial charge in [-0.1, -0.05) is 37.3 Å². The normalized spacial score (nSPS) is 17.4. The molecule has 1 fully saturated rings. The number of ether oxygens (including phenoxy) is 2. The molecule has 0 saturated carbocycles. The molecule has 9 heteroatoms. The van der Waals surface area contributed by atoms with Gasteiger partial charge in [0.25, 0.3) is 5.56 Å². The fraction of sp³-hybridized carbons (Fsp3) is 0.385. The molecule has 35 heavy (non-hydrogen) atoms. The third-order valence-corrected chi connectivity index (χ3v) is 6.70. The molecule has 1 aliphatic heterocycles. The van der Waals surface area contributed by atoms with E-state index < -0.39 is 0 Å². The quantitative estimate of drug-likeness (QED) is 0.438. The van der Waals surface area contributed by atoms with Gasteiger partial charge in [-0.25, -0.2) is 4.68 Å². The van der Waals surface area contributed by atoms with E-state index in [4.69, 9.17) is 9.47 Å². The molecular weight excluding hydrogens is 444 g/mol. The van der Waals surface area contributed by atoms with Crippen LogP contribution in [0, 0.1) is 5.92 Å². The molecule has 182 valence electrons. The first-order chi connectivity index (χ1) is 17.1. The molecule has 9 nitrogen and oxygen atoms in total. The number of H-pyrrole nitrogens is 1. The van der Waals surface area contributed by atoms with E-state index in [9.17, 15) is 4.79 Å². The summed E-state index contributed by atoms with van der Waals surface area (Å²) in [6.45, 7) is 4.51. The van der Waals surface area contributed by atoms with Crippen LogP contribution in [0.3, 0.4) is 0 Å². The number of rotatable bonds is 7. The maximum atomic E-state index is 13.5. The number of methoxy groups -OCH3 is 2. The summed E-state index contributed by atoms with van der Waals surface area (Å²) in [4.78, 5) is 18.9. The standard InChI is InChI=1S/C26H30N6O3/c1-17-8-7-11-31(15-17)24(25-28-29-30-32(25)16-18-9-5-4-6-10-18)20-12-19-13-22(34-2)23(35-3)14-21(19)27-26(20)33/h4-6,9-10,12-14,17,24H,7-8,11,15-16H2,1-3H3,(H,27,33)/t17-,24-/m1/s1. The van der Waals surface area contributed by atoms with E-state index in [0.29, 0.717) is 40.9 Å². The molecule has 2 aromatic carbocycles. The summed E-state index contributed by atoms with van der Waals surface area (Å²) in [6, 6.07) is 15.3. The molecule has 1 saturated heterocycles. The van der Waals surface area contributed by atoms with Gasteiger partial charge >= 0.3 is 0 Å². The Balaban J connectivity index is 1.64. The first kappa shape index (κ1) is 23.0. The van der Waals surface area contributed by atoms with Gasteiger partial charge in [-0.15, -0.1) is 5.10 Å². The van der Waals surface area contributed by atoms with E-state index in [-0.39, 0.29) is 11.6 Å². The van der Waals surface area contributed by atoms with Crippen molar-refractivity contribution in [2.24, 2.45) is 5.92 Å². The lowest BCUT2D eigenvalue weighted by Gasteiger charge is -2.36. The van der Waals surface area contributed by atoms with Crippen LogP contribution in [0.1, 0.15) is 42.8 Å². The SMILES string of the molecule is COc1cc2cc([C@H](c3nnnn3Cc3ccccc3)N3CCC[C@@H](C)C3)c(=O)[nH]c2cc1OC. The number of nitrogens with one attached hydrogen (secondary N) is 1. The number of piperidine rings is 1. The molecule has 2 atom stereocenters. The molecule has 4 aromatic rings. The number of aromatic nitrogens is 5. The Morgan fingerprint density at radius 3 is 2.63 bits per heavy atom. The Hall–Kier alpha value is -3.72. The minimum atomic E-state index is -0.377. The molecule has 1 N–H and O–H groups in total. The average molecular weight is 475 g/mol. The summed E-state index contributed by atoms with van der Waals surface area (Å²) in [5.74, 6) is 2.36. The predicted molar refractivity (Wildman–Crippen MR) is 133 cm³/mol. The van der Waals surface area contributed by atoms with E-state index >= 15 is 0 Å². The number of likely N-dealkylation sites (tertiary alicyclic amines) is 1. The topological polar surface area (TPSA) is 98.2 Å². The van der Waals surface area contributed by atoms with Gasteiger partial charge in [-0.2, -0.15) is 0 Å². The zero-order chi connectivity index (χ0) is 24.4. The number of hydrogen-bond acceptors (Lipinski definition) is 7. The second-order valence-electron chi connectivity index (χ2n) is 9.17. The van der Waals surface area contributed by atoms with E-state index in [1.807, 2.05) is 42.5 Å². The minimum Gasteiger partial charge on any atom is -0.493 e. The highest BCUT2D eigenvalue weighted by atomic mass is 16.5. The lowest BCUT2D eigenvalue weighted by molar-refractivity contribution is 0.141. The van der Waals surface area contributed by atoms with E-state index in [0.717, 1.165) is 30.5 Å². The van der Waals surface area contributed by atoms with Crippen LogP contribution in [-0.2, 0) is 6.54 Å². The van der Waals surface area contributed by atoms with Gasteiger partial charge in [0.15, 0.2) is 17.3 Å². The van der Waals surface area contributed by atoms with Crippen molar-refractivity contribution in [3.63, 3.8) is 0 Å². The largest absolute Gasteiger partial charge is 0.493 e. The van der Waals surface area contributed by atoms with Crippen molar-refractivity contribution in [3.8, 4) is 11.5 Å². The van der Waals surface area contributed by atoms with Gasteiger partial charge in [0.05, 0.1) is 26.3 Å². The van der Waals surface area contributed by atoms with Crippen LogP contribution in [0.15, 0.2) is 53.3 Å². The summed E-state index contributed by atoms with van der Waals surface area (Å²) in [7, 11) is 3.18. The van der Waals surface area contributed by atoms with Crippen molar-refractivity contribution >= 4 is 10.9 Å². The lowest BCUT2D eigenvalue weighted by atomic mass is 9.95. The first-order valence-electron chi connectivity index (χ1n) is 11.9. The van der Waals surface area contributed by atoms with Crippen molar-refractivity contribution in [2.45, 2.75) is 32.4 Å². The smallest absolute Gasteiger partial charge is 0.253 e. The molecule has 1 aliphatic rings. The molecule has 0 bridgehead atoms. The number of benzene rings is 2. The zero-order valence-corrected chi connectivity index (χ0v) is 20.3. The Labute approximate surface area is 203 Å². The molecule has 2 aromatic heterocycles. The van der Waals surface area contributed by atoms with Crippen LogP contribution < -0.4 is 15.0 Å². The van der Waals surface area contributed by atoms with Crippen LogP contribution >= 0.6 is 0 Å². The average Bonchev–Trinajstić information content (AvgIpc) is 3.32. The van der Waals surface area contributed by atoms with Gasteiger partial charge in [-0.3, -0.25) is 9.69 Å². The minimum absolute atomic E-state index is 0.165. The van der Waals surface area contributed by atoms with Crippen LogP contribution in [0.2, 0.25) is 0 Å². The van der Waals surface area contributed by atoms with Gasteiger partial charge in [0.1, 0.15) is 6.04 Å². The summed E-state index contributed by atoms with van der Waals surface area (Å²) >= 11 is 0. The molecule has 0 amide bonds. The predicted octanol–water partition coefficient (Wildman–Crippen LogP) is 3.40. The molecule has 0 spiro atoms. The Morgan fingerprint density at radius 2 is 1.89 bits per heavy atom. The first-order valence-corrected chi connectivity index (χ1v) is 11.9. The molecule has 3 heterocycles. The number of pyridine rings is 1. The Morgan fingerprint density at radius 1 is 1.11 bits per heavy atom. The van der Waals surface area contributed by atoms with Crippen molar-refractivity contribution in [1.29, 1.82) is 0 Å². The maximum absolute atomic E-state index is 13.5. The number of tetrazole rings is 1. The molecule has 0 aliphatic carbocycles. The van der Waals surface area contributed by atoms with Crippen molar-refractivity contribution in [2.75, 3.05) is 27.3 Å². The monoisotopic (exact) mass is 474 g/mol. The second kappa shape index (κ2) is 9.87. The van der Waals surface area contributed by atoms with Crippen molar-refractivity contribution in [1.82, 2.24) is 30.1 Å². The highest BCUT2D eigenvalue weighted by Crippen LogP contribution is 2.34. The van der Waals surface area contributed by atoms with Gasteiger partial charge in [0, 0.05) is 23.6 Å². The van der Waals surface area contributed by atoms with E-state index in [1.54, 1.807) is 25.0 Å². The van der Waals surface area contributed by atoms with Crippen LogP contribution in [0.5, 0.6) is 11.5 Å². The molecular formula is C26H30N6O3. The van der Waals surface area contributed by atoms with Gasteiger partial charge in [0.2, 0.25) is 0 Å². The van der Waals surface area contributed by atoms with Crippen LogP contribution in [0.4, 0.5) is 0 Å². The number of aromatic amines is 1. The van der Waals surface area contributed by atoms with Gasteiger partial charge < -0.3 is 14.5 Å². The summed E-state index contributed by atoms with van der Waals surface area (Å²) < 4.78 is 12.7. The summed E-state index contributed by atoms with van der Waals surface area (Å²) in [6.07, 6.45) is 2.23. The van der Waals surface area contributed by atoms with Gasteiger partial charge in [-0.05, 0) is 53.4 Å². The maximum Gasteiger partial charge on any atom is 0.253 e. The molecule has 5 rings (SSSR count). The van der Waals surface area contributed by atoms with Crippen molar-refractivity contribution < 1.29 is 9.47 Å². The molecule has 0 radical (unpaired) electrons. The second-order valence-corrected chi connectivity index (χ2v) is 9.17. The van der Waals surface area contributed by atoms with Crippen LogP contribution in [-0.4, -0.2) is 57.4 Å². The lowest BCUT2D eigenvalue weighted by Crippen LogP contribution is -2.41. The highest BCUT2D eigenvalue weighted by molar-refractivity contribution is 5.83. The number of nitrogens with zero attached hydrogens (tertiary/aromatic N) is 5. The molecule has 0 unspecified atom stereocenters. The highest BCUT2D eigenvalue weighted by Gasteiger charge is 2.33. The van der Waals surface area contributed by atoms with E-state index in [2.05, 4.69) is 32.3 Å². The summed E-state index contributed by atoms with van der Waals surface area (Å²) in [5, 5.41) is 13.6. The Bertz CT molecular complexity index is 1370. The third kappa shape index (κ3) is 4.64. The third-order valence-electron chi connectivity index (χ3n) is 6.70. The zero-order valence-electron chi connectivity index (χ0n) is 20.3. The fourth-order valence-electron chi connectivity index (χ4n) is 4.99. The van der Waals surface area contributed by atoms with E-state index in [1.165, 1.54) is 6.42 Å². The van der Waals surface area contributed by atoms with Crippen LogP contribution in [0.25, 0.3) is 10.9 Å². The fourth-order valence-corrected chi connectivity index (χ4v) is 4.99. The summed E-state index contributed by atoms with van der Waals surface area (Å²) in [5.41, 5.74) is 2.23. The van der Waals surface area contributed by atoms with Crippen molar-refractivity contribution in [3.05, 3.63) is 75.8 Å². The number of hydrogen-bond donors (Lipinski definition) is 1.